The van der Waals surface area contributed by atoms with Crippen molar-refractivity contribution in [1.82, 2.24) is 0 Å². The van der Waals surface area contributed by atoms with Gasteiger partial charge in [-0.05, 0) is 13.8 Å². The van der Waals surface area contributed by atoms with Gasteiger partial charge < -0.3 is 9.05 Å². The maximum absolute atomic E-state index is 11.9. The van der Waals surface area contributed by atoms with Crippen molar-refractivity contribution in [1.29, 1.82) is 5.26 Å². The zero-order valence-corrected chi connectivity index (χ0v) is 11.1. The van der Waals surface area contributed by atoms with Crippen LogP contribution in [0, 0.1) is 11.3 Å². The molecule has 16 heavy (non-hydrogen) atoms. The molecule has 94 valence electrons. The van der Waals surface area contributed by atoms with E-state index in [2.05, 4.69) is 8.71 Å². The van der Waals surface area contributed by atoms with Gasteiger partial charge in [0.1, 0.15) is 6.07 Å². The van der Waals surface area contributed by atoms with Crippen LogP contribution in [-0.2, 0) is 27.9 Å². The van der Waals surface area contributed by atoms with E-state index < -0.39 is 29.7 Å². The second-order valence-electron chi connectivity index (χ2n) is 3.16. The Morgan fingerprint density at radius 2 is 1.88 bits per heavy atom. The average molecular weight is 271 g/mol. The minimum atomic E-state index is -3.93. The number of nitrogens with zero attached hydrogens (tertiary/aromatic N) is 1. The molecule has 0 aliphatic rings. The Bertz CT molecular complexity index is 411. The molecule has 2 unspecified atom stereocenters. The Morgan fingerprint density at radius 3 is 2.12 bits per heavy atom. The third kappa shape index (κ3) is 5.05. The Balaban J connectivity index is 5.06. The van der Waals surface area contributed by atoms with Gasteiger partial charge in [0.05, 0.1) is 12.4 Å². The normalized spacial score (nSPS) is 17.8. The summed E-state index contributed by atoms with van der Waals surface area (Å²) in [6.45, 7) is 3.14. The van der Waals surface area contributed by atoms with Crippen molar-refractivity contribution in [2.75, 3.05) is 13.4 Å². The summed E-state index contributed by atoms with van der Waals surface area (Å²) in [6, 6.07) is 1.44. The molecule has 0 aliphatic carbocycles. The van der Waals surface area contributed by atoms with E-state index >= 15 is 0 Å². The van der Waals surface area contributed by atoms with Gasteiger partial charge in [-0.25, -0.2) is 4.18 Å². The van der Waals surface area contributed by atoms with Gasteiger partial charge in [-0.2, -0.15) is 13.7 Å². The Labute approximate surface area is 95.0 Å². The van der Waals surface area contributed by atoms with Gasteiger partial charge >= 0.3 is 7.60 Å². The van der Waals surface area contributed by atoms with Crippen molar-refractivity contribution >= 4 is 17.7 Å². The van der Waals surface area contributed by atoms with Crippen LogP contribution in [0.5, 0.6) is 0 Å². The average Bonchev–Trinajstić information content (AvgIpc) is 2.11. The van der Waals surface area contributed by atoms with Gasteiger partial charge in [-0.15, -0.1) is 0 Å². The van der Waals surface area contributed by atoms with Crippen molar-refractivity contribution in [2.45, 2.75) is 25.8 Å². The van der Waals surface area contributed by atoms with Crippen LogP contribution in [0.15, 0.2) is 0 Å². The van der Waals surface area contributed by atoms with Crippen molar-refractivity contribution in [2.24, 2.45) is 0 Å². The molecule has 0 spiro atoms. The van der Waals surface area contributed by atoms with Gasteiger partial charge in [0.25, 0.3) is 16.0 Å². The van der Waals surface area contributed by atoms with E-state index in [1.54, 1.807) is 13.8 Å². The highest BCUT2D eigenvalue weighted by Crippen LogP contribution is 2.53. The summed E-state index contributed by atoms with van der Waals surface area (Å²) in [6.07, 6.45) is 0.247. The van der Waals surface area contributed by atoms with Crippen molar-refractivity contribution in [3.05, 3.63) is 0 Å². The molecule has 0 aliphatic heterocycles. The molecule has 0 aromatic rings. The van der Waals surface area contributed by atoms with E-state index in [0.29, 0.717) is 0 Å². The topological polar surface area (TPSA) is 103 Å². The van der Waals surface area contributed by atoms with Gasteiger partial charge in [0, 0.05) is 7.11 Å². The highest BCUT2D eigenvalue weighted by Gasteiger charge is 2.40. The Hall–Kier alpha value is -0.450. The predicted molar refractivity (Wildman–Crippen MR) is 56.2 cm³/mol. The Morgan fingerprint density at radius 1 is 1.38 bits per heavy atom. The molecule has 0 radical (unpaired) electrons. The molecule has 0 fully saturated rings. The number of nitriles is 1. The van der Waals surface area contributed by atoms with E-state index in [4.69, 9.17) is 9.79 Å². The molecular formula is C7H14NO6PS. The first-order valence-corrected chi connectivity index (χ1v) is 7.69. The number of hydrogen-bond acceptors (Lipinski definition) is 7. The van der Waals surface area contributed by atoms with Crippen LogP contribution in [0.25, 0.3) is 0 Å². The summed E-state index contributed by atoms with van der Waals surface area (Å²) in [7, 11) is -6.79. The van der Waals surface area contributed by atoms with E-state index in [1.165, 1.54) is 6.07 Å². The first-order valence-electron chi connectivity index (χ1n) is 4.26. The van der Waals surface area contributed by atoms with Crippen molar-refractivity contribution in [3.63, 3.8) is 0 Å². The second-order valence-corrected chi connectivity index (χ2v) is 6.88. The van der Waals surface area contributed by atoms with Gasteiger partial charge in [0.15, 0.2) is 0 Å². The van der Waals surface area contributed by atoms with Gasteiger partial charge in [-0.3, -0.25) is 4.57 Å². The lowest BCUT2D eigenvalue weighted by molar-refractivity contribution is 0.159. The third-order valence-electron chi connectivity index (χ3n) is 1.28. The minimum absolute atomic E-state index is 0.496. The van der Waals surface area contributed by atoms with Crippen molar-refractivity contribution in [3.8, 4) is 6.07 Å². The molecule has 7 nitrogen and oxygen atoms in total. The summed E-state index contributed by atoms with van der Waals surface area (Å²) in [5.74, 6) is -1.80. The molecule has 9 heteroatoms. The molecule has 0 saturated heterocycles. The van der Waals surface area contributed by atoms with Crippen LogP contribution in [0.3, 0.4) is 0 Å². The Kier molecular flexibility index (Phi) is 5.59. The molecule has 0 bridgehead atoms. The first-order chi connectivity index (χ1) is 7.14. The number of rotatable bonds is 6. The van der Waals surface area contributed by atoms with Crippen LogP contribution >= 0.6 is 7.60 Å². The molecule has 0 rings (SSSR count). The number of hydrogen-bond donors (Lipinski definition) is 0. The fourth-order valence-corrected chi connectivity index (χ4v) is 3.18. The molecular weight excluding hydrogens is 257 g/mol. The van der Waals surface area contributed by atoms with Gasteiger partial charge in [0.2, 0.25) is 0 Å². The first kappa shape index (κ1) is 15.6. The van der Waals surface area contributed by atoms with Crippen LogP contribution < -0.4 is 0 Å². The summed E-state index contributed by atoms with van der Waals surface area (Å²) in [5, 5.41) is 8.70. The fraction of sp³-hybridized carbons (Fsp3) is 0.857. The lowest BCUT2D eigenvalue weighted by Crippen LogP contribution is -2.20. The quantitative estimate of drug-likeness (QED) is 0.526. The molecule has 0 aromatic carbocycles. The summed E-state index contributed by atoms with van der Waals surface area (Å²) < 4.78 is 47.4. The monoisotopic (exact) mass is 271 g/mol. The highest BCUT2D eigenvalue weighted by molar-refractivity contribution is 7.86. The zero-order valence-electron chi connectivity index (χ0n) is 9.41. The standard InChI is InChI=1S/C7H14NO6PS/c1-6(2)13-15(9,12-3)7(5-8)14-16(4,10)11/h6-7H,1-4H3. The smallest absolute Gasteiger partial charge is 0.309 e. The second kappa shape index (κ2) is 5.75. The summed E-state index contributed by atoms with van der Waals surface area (Å²) >= 11 is 0. The maximum Gasteiger partial charge on any atom is 0.375 e. The third-order valence-corrected chi connectivity index (χ3v) is 3.98. The largest absolute Gasteiger partial charge is 0.375 e. The lowest BCUT2D eigenvalue weighted by Gasteiger charge is -2.21. The molecule has 0 amide bonds. The van der Waals surface area contributed by atoms with Gasteiger partial charge in [-0.1, -0.05) is 0 Å². The summed E-state index contributed by atoms with van der Waals surface area (Å²) in [5.41, 5.74) is 0. The highest BCUT2D eigenvalue weighted by atomic mass is 32.2. The van der Waals surface area contributed by atoms with E-state index in [0.717, 1.165) is 13.4 Å². The molecule has 0 aromatic heterocycles. The van der Waals surface area contributed by atoms with Crippen molar-refractivity contribution < 1.29 is 26.2 Å². The lowest BCUT2D eigenvalue weighted by atomic mass is 10.5. The fourth-order valence-electron chi connectivity index (χ4n) is 0.798. The van der Waals surface area contributed by atoms with E-state index in [9.17, 15) is 13.0 Å². The zero-order chi connectivity index (χ0) is 13.0. The molecule has 0 heterocycles. The maximum atomic E-state index is 11.9. The van der Waals surface area contributed by atoms with E-state index in [1.807, 2.05) is 0 Å². The molecule has 0 saturated carbocycles. The van der Waals surface area contributed by atoms with Crippen LogP contribution in [-0.4, -0.2) is 33.7 Å². The predicted octanol–water partition coefficient (Wildman–Crippen LogP) is 1.08. The SMILES string of the molecule is COP(=O)(OC(C)C)C(C#N)OS(C)(=O)=O. The van der Waals surface area contributed by atoms with Crippen LogP contribution in [0.2, 0.25) is 0 Å². The van der Waals surface area contributed by atoms with Crippen LogP contribution in [0.4, 0.5) is 0 Å². The summed E-state index contributed by atoms with van der Waals surface area (Å²) in [4.78, 5) is 0. The minimum Gasteiger partial charge on any atom is -0.309 e. The van der Waals surface area contributed by atoms with E-state index in [-0.39, 0.29) is 0 Å². The van der Waals surface area contributed by atoms with Crippen LogP contribution in [0.1, 0.15) is 13.8 Å². The molecule has 2 atom stereocenters. The molecule has 0 N–H and O–H groups in total.